The molecule has 10 heteroatoms. The summed E-state index contributed by atoms with van der Waals surface area (Å²) in [6.45, 7) is 7.98. The number of hydrogen-bond acceptors (Lipinski definition) is 7. The van der Waals surface area contributed by atoms with Crippen LogP contribution in [0.5, 0.6) is 5.75 Å². The van der Waals surface area contributed by atoms with Crippen LogP contribution in [0.4, 0.5) is 0 Å². The number of ether oxygens (including phenoxy) is 2. The van der Waals surface area contributed by atoms with Crippen molar-refractivity contribution in [3.05, 3.63) is 129 Å². The van der Waals surface area contributed by atoms with Gasteiger partial charge in [-0.15, -0.1) is 0 Å². The Bertz CT molecular complexity index is 2000. The summed E-state index contributed by atoms with van der Waals surface area (Å²) in [6, 6.07) is 19.7. The van der Waals surface area contributed by atoms with Gasteiger partial charge in [0.2, 0.25) is 0 Å². The third-order valence-electron chi connectivity index (χ3n) is 7.27. The summed E-state index contributed by atoms with van der Waals surface area (Å²) in [7, 11) is 0. The van der Waals surface area contributed by atoms with E-state index in [1.807, 2.05) is 30.3 Å². The summed E-state index contributed by atoms with van der Waals surface area (Å²) in [5.41, 5.74) is 4.04. The number of carbonyl (C=O) groups is 1. The van der Waals surface area contributed by atoms with Crippen LogP contribution in [0.1, 0.15) is 67.5 Å². The number of esters is 1. The van der Waals surface area contributed by atoms with E-state index in [1.54, 1.807) is 50.3 Å². The Labute approximate surface area is 268 Å². The van der Waals surface area contributed by atoms with E-state index in [0.29, 0.717) is 54.0 Å². The number of aromatic nitrogens is 1. The lowest BCUT2D eigenvalue weighted by Gasteiger charge is -2.25. The standard InChI is InChI=1S/C34H29Cl2N3O4S/c1-5-42-33(41)29-20(4)38-34-39(30(29)22-12-10-21(11-13-22)19(2)3)32(40)28(44-34)15-25-14-26(35)16-27(36)31(25)43-18-24-9-7-6-8-23(24)17-37/h6-16,19,30H,5,18H2,1-4H3/b28-15+. The molecule has 0 aliphatic carbocycles. The summed E-state index contributed by atoms with van der Waals surface area (Å²) in [5, 5.41) is 10.1. The molecule has 0 fully saturated rings. The Morgan fingerprint density at radius 3 is 2.57 bits per heavy atom. The molecular weight excluding hydrogens is 617 g/mol. The molecular formula is C34H29Cl2N3O4S. The Balaban J connectivity index is 1.65. The van der Waals surface area contributed by atoms with E-state index in [0.717, 1.165) is 11.1 Å². The van der Waals surface area contributed by atoms with Crippen molar-refractivity contribution in [3.8, 4) is 11.8 Å². The number of fused-ring (bicyclic) bond motifs is 1. The second kappa shape index (κ2) is 13.2. The molecule has 0 N–H and O–H groups in total. The molecule has 44 heavy (non-hydrogen) atoms. The molecule has 3 aromatic carbocycles. The maximum atomic E-state index is 14.1. The second-order valence-electron chi connectivity index (χ2n) is 10.5. The van der Waals surface area contributed by atoms with Crippen molar-refractivity contribution in [2.75, 3.05) is 6.61 Å². The average molecular weight is 647 g/mol. The number of allylic oxidation sites excluding steroid dienone is 1. The molecule has 4 aromatic rings. The third kappa shape index (κ3) is 6.22. The summed E-state index contributed by atoms with van der Waals surface area (Å²) < 4.78 is 13.4. The number of carbonyl (C=O) groups excluding carboxylic acids is 1. The number of benzene rings is 3. The van der Waals surface area contributed by atoms with Gasteiger partial charge in [-0.1, -0.05) is 90.9 Å². The first kappa shape index (κ1) is 31.3. The van der Waals surface area contributed by atoms with E-state index in [1.165, 1.54) is 15.9 Å². The number of rotatable bonds is 8. The SMILES string of the molecule is CCOC(=O)C1=C(C)N=c2s/c(=C/c3cc(Cl)cc(Cl)c3OCc3ccccc3C#N)c(=O)n2C1c1ccc(C(C)C)cc1. The topological polar surface area (TPSA) is 93.7 Å². The first-order valence-corrected chi connectivity index (χ1v) is 15.6. The summed E-state index contributed by atoms with van der Waals surface area (Å²) in [4.78, 5) is 32.4. The number of hydrogen-bond donors (Lipinski definition) is 0. The monoisotopic (exact) mass is 645 g/mol. The van der Waals surface area contributed by atoms with Gasteiger partial charge in [0.1, 0.15) is 12.4 Å². The lowest BCUT2D eigenvalue weighted by molar-refractivity contribution is -0.139. The van der Waals surface area contributed by atoms with Gasteiger partial charge in [-0.3, -0.25) is 9.36 Å². The molecule has 5 rings (SSSR count). The van der Waals surface area contributed by atoms with E-state index in [9.17, 15) is 14.9 Å². The van der Waals surface area contributed by atoms with Crippen LogP contribution in [-0.2, 0) is 16.1 Å². The van der Waals surface area contributed by atoms with Crippen molar-refractivity contribution >= 4 is 46.6 Å². The number of thiazole rings is 1. The van der Waals surface area contributed by atoms with E-state index in [-0.39, 0.29) is 23.8 Å². The Kier molecular flexibility index (Phi) is 9.40. The van der Waals surface area contributed by atoms with Gasteiger partial charge in [0.05, 0.1) is 45.1 Å². The molecule has 1 aliphatic rings. The molecule has 7 nitrogen and oxygen atoms in total. The lowest BCUT2D eigenvalue weighted by Crippen LogP contribution is -2.39. The first-order chi connectivity index (χ1) is 21.1. The quantitative estimate of drug-likeness (QED) is 0.199. The van der Waals surface area contributed by atoms with Crippen molar-refractivity contribution < 1.29 is 14.3 Å². The molecule has 1 aromatic heterocycles. The molecule has 0 amide bonds. The van der Waals surface area contributed by atoms with Gasteiger partial charge >= 0.3 is 5.97 Å². The highest BCUT2D eigenvalue weighted by Gasteiger charge is 2.33. The van der Waals surface area contributed by atoms with E-state index in [2.05, 4.69) is 24.9 Å². The lowest BCUT2D eigenvalue weighted by atomic mass is 9.93. The zero-order chi connectivity index (χ0) is 31.5. The van der Waals surface area contributed by atoms with Crippen LogP contribution in [0, 0.1) is 11.3 Å². The molecule has 0 radical (unpaired) electrons. The van der Waals surface area contributed by atoms with Gasteiger partial charge < -0.3 is 9.47 Å². The van der Waals surface area contributed by atoms with Gasteiger partial charge in [0, 0.05) is 16.1 Å². The highest BCUT2D eigenvalue weighted by atomic mass is 35.5. The van der Waals surface area contributed by atoms with Crippen LogP contribution in [0.3, 0.4) is 0 Å². The Morgan fingerprint density at radius 1 is 1.16 bits per heavy atom. The molecule has 0 saturated heterocycles. The summed E-state index contributed by atoms with van der Waals surface area (Å²) in [6.07, 6.45) is 1.66. The fraction of sp³-hybridized carbons (Fsp3) is 0.235. The smallest absolute Gasteiger partial charge is 0.338 e. The van der Waals surface area contributed by atoms with Gasteiger partial charge in [0.25, 0.3) is 5.56 Å². The fourth-order valence-electron chi connectivity index (χ4n) is 5.06. The largest absolute Gasteiger partial charge is 0.487 e. The maximum Gasteiger partial charge on any atom is 0.338 e. The molecule has 2 heterocycles. The number of halogens is 2. The molecule has 1 unspecified atom stereocenters. The molecule has 0 saturated carbocycles. The van der Waals surface area contributed by atoms with Gasteiger partial charge in [0.15, 0.2) is 4.80 Å². The van der Waals surface area contributed by atoms with Crippen molar-refractivity contribution in [3.63, 3.8) is 0 Å². The molecule has 1 atom stereocenters. The zero-order valence-corrected chi connectivity index (χ0v) is 26.9. The van der Waals surface area contributed by atoms with E-state index >= 15 is 0 Å². The van der Waals surface area contributed by atoms with Crippen LogP contribution >= 0.6 is 34.5 Å². The Morgan fingerprint density at radius 2 is 1.89 bits per heavy atom. The minimum atomic E-state index is -0.727. The molecule has 0 bridgehead atoms. The van der Waals surface area contributed by atoms with Crippen molar-refractivity contribution in [2.24, 2.45) is 4.99 Å². The first-order valence-electron chi connectivity index (χ1n) is 14.0. The number of nitrogens with zero attached hydrogens (tertiary/aromatic N) is 3. The summed E-state index contributed by atoms with van der Waals surface area (Å²) >= 11 is 14.1. The second-order valence-corrected chi connectivity index (χ2v) is 12.3. The molecule has 224 valence electrons. The van der Waals surface area contributed by atoms with Crippen molar-refractivity contribution in [1.82, 2.24) is 4.57 Å². The van der Waals surface area contributed by atoms with Crippen LogP contribution in [-0.4, -0.2) is 17.1 Å². The molecule has 1 aliphatic heterocycles. The van der Waals surface area contributed by atoms with Crippen LogP contribution in [0.15, 0.2) is 81.7 Å². The number of nitriles is 1. The van der Waals surface area contributed by atoms with Gasteiger partial charge in [-0.25, -0.2) is 9.79 Å². The zero-order valence-electron chi connectivity index (χ0n) is 24.6. The van der Waals surface area contributed by atoms with E-state index in [4.69, 9.17) is 32.7 Å². The third-order valence-corrected chi connectivity index (χ3v) is 8.75. The fourth-order valence-corrected chi connectivity index (χ4v) is 6.66. The van der Waals surface area contributed by atoms with Crippen LogP contribution in [0.25, 0.3) is 6.08 Å². The minimum Gasteiger partial charge on any atom is -0.487 e. The highest BCUT2D eigenvalue weighted by molar-refractivity contribution is 7.07. The van der Waals surface area contributed by atoms with Crippen molar-refractivity contribution in [2.45, 2.75) is 46.3 Å². The van der Waals surface area contributed by atoms with Gasteiger partial charge in [-0.05, 0) is 55.2 Å². The highest BCUT2D eigenvalue weighted by Crippen LogP contribution is 2.34. The van der Waals surface area contributed by atoms with E-state index < -0.39 is 12.0 Å². The maximum absolute atomic E-state index is 14.1. The van der Waals surface area contributed by atoms with Gasteiger partial charge in [-0.2, -0.15) is 5.26 Å². The minimum absolute atomic E-state index is 0.0850. The van der Waals surface area contributed by atoms with Crippen LogP contribution in [0.2, 0.25) is 10.0 Å². The normalized spacial score (nSPS) is 14.7. The molecule has 0 spiro atoms. The summed E-state index contributed by atoms with van der Waals surface area (Å²) in [5.74, 6) is 0.122. The van der Waals surface area contributed by atoms with Crippen LogP contribution < -0.4 is 19.6 Å². The average Bonchev–Trinajstić information content (AvgIpc) is 3.30. The Hall–Kier alpha value is -4.16. The predicted molar refractivity (Wildman–Crippen MR) is 173 cm³/mol. The predicted octanol–water partition coefficient (Wildman–Crippen LogP) is 6.68. The van der Waals surface area contributed by atoms with Crippen molar-refractivity contribution in [1.29, 1.82) is 5.26 Å².